The van der Waals surface area contributed by atoms with Crippen molar-refractivity contribution in [3.63, 3.8) is 0 Å². The summed E-state index contributed by atoms with van der Waals surface area (Å²) < 4.78 is 1.23. The average Bonchev–Trinajstić information content (AvgIpc) is 2.22. The lowest BCUT2D eigenvalue weighted by Crippen LogP contribution is -2.35. The molecular weight excluding hydrogens is 298 g/mol. The quantitative estimate of drug-likeness (QED) is 0.736. The number of hydrogen-bond acceptors (Lipinski definition) is 1. The molecule has 1 aromatic carbocycles. The van der Waals surface area contributed by atoms with Crippen LogP contribution in [-0.4, -0.2) is 6.04 Å². The maximum Gasteiger partial charge on any atom is 0.0348 e. The van der Waals surface area contributed by atoms with E-state index in [9.17, 15) is 0 Å². The third-order valence-electron chi connectivity index (χ3n) is 4.19. The maximum atomic E-state index is 3.75. The molecule has 1 aromatic rings. The summed E-state index contributed by atoms with van der Waals surface area (Å²) in [5.74, 6) is 0.818. The Labute approximate surface area is 126 Å². The van der Waals surface area contributed by atoms with Crippen molar-refractivity contribution in [1.29, 1.82) is 0 Å². The van der Waals surface area contributed by atoms with Gasteiger partial charge in [0.05, 0.1) is 0 Å². The lowest BCUT2D eigenvalue weighted by molar-refractivity contribution is 0.178. The van der Waals surface area contributed by atoms with Crippen LogP contribution in [-0.2, 0) is 0 Å². The third-order valence-corrected chi connectivity index (χ3v) is 5.44. The van der Waals surface area contributed by atoms with Crippen LogP contribution in [0.2, 0.25) is 0 Å². The SMILES string of the molecule is Cc1cc(NC2CC(C)CC(C)(C)C2)cc(C)c1Br. The van der Waals surface area contributed by atoms with Crippen molar-refractivity contribution in [3.05, 3.63) is 27.7 Å². The van der Waals surface area contributed by atoms with Gasteiger partial charge in [-0.3, -0.25) is 0 Å². The van der Waals surface area contributed by atoms with E-state index in [2.05, 4.69) is 68.0 Å². The first kappa shape index (κ1) is 14.9. The number of rotatable bonds is 2. The summed E-state index contributed by atoms with van der Waals surface area (Å²) in [7, 11) is 0. The van der Waals surface area contributed by atoms with E-state index in [1.165, 1.54) is 40.5 Å². The summed E-state index contributed by atoms with van der Waals surface area (Å²) >= 11 is 3.64. The predicted molar refractivity (Wildman–Crippen MR) is 87.8 cm³/mol. The van der Waals surface area contributed by atoms with Gasteiger partial charge in [-0.1, -0.05) is 36.7 Å². The minimum Gasteiger partial charge on any atom is -0.382 e. The van der Waals surface area contributed by atoms with Crippen molar-refractivity contribution in [3.8, 4) is 0 Å². The van der Waals surface area contributed by atoms with E-state index in [-0.39, 0.29) is 0 Å². The van der Waals surface area contributed by atoms with E-state index in [0.29, 0.717) is 11.5 Å². The minimum atomic E-state index is 0.467. The molecule has 1 saturated carbocycles. The third kappa shape index (κ3) is 3.75. The van der Waals surface area contributed by atoms with Crippen molar-refractivity contribution in [1.82, 2.24) is 0 Å². The summed E-state index contributed by atoms with van der Waals surface area (Å²) in [5.41, 5.74) is 4.36. The molecule has 0 amide bonds. The summed E-state index contributed by atoms with van der Waals surface area (Å²) in [4.78, 5) is 0. The Kier molecular flexibility index (Phi) is 4.29. The van der Waals surface area contributed by atoms with E-state index >= 15 is 0 Å². The van der Waals surface area contributed by atoms with Gasteiger partial charge < -0.3 is 5.32 Å². The highest BCUT2D eigenvalue weighted by Gasteiger charge is 2.31. The second kappa shape index (κ2) is 5.47. The van der Waals surface area contributed by atoms with Crippen molar-refractivity contribution < 1.29 is 0 Å². The van der Waals surface area contributed by atoms with Gasteiger partial charge in [-0.05, 0) is 67.7 Å². The van der Waals surface area contributed by atoms with Crippen molar-refractivity contribution in [2.24, 2.45) is 11.3 Å². The zero-order valence-electron chi connectivity index (χ0n) is 12.8. The molecule has 19 heavy (non-hydrogen) atoms. The normalized spacial score (nSPS) is 26.2. The van der Waals surface area contributed by atoms with Crippen molar-refractivity contribution in [2.45, 2.75) is 59.9 Å². The molecule has 1 aliphatic carbocycles. The largest absolute Gasteiger partial charge is 0.382 e. The van der Waals surface area contributed by atoms with Gasteiger partial charge >= 0.3 is 0 Å². The van der Waals surface area contributed by atoms with Gasteiger partial charge in [-0.15, -0.1) is 0 Å². The molecule has 2 unspecified atom stereocenters. The van der Waals surface area contributed by atoms with Crippen LogP contribution in [0, 0.1) is 25.2 Å². The van der Waals surface area contributed by atoms with E-state index in [4.69, 9.17) is 0 Å². The second-order valence-corrected chi connectivity index (χ2v) is 7.97. The Balaban J connectivity index is 2.13. The maximum absolute atomic E-state index is 3.75. The van der Waals surface area contributed by atoms with Crippen LogP contribution in [0.25, 0.3) is 0 Å². The molecule has 2 rings (SSSR count). The predicted octanol–water partition coefficient (Wildman–Crippen LogP) is 5.69. The second-order valence-electron chi connectivity index (χ2n) is 7.18. The van der Waals surface area contributed by atoms with Gasteiger partial charge in [0.15, 0.2) is 0 Å². The lowest BCUT2D eigenvalue weighted by atomic mass is 9.70. The first-order chi connectivity index (χ1) is 8.77. The highest BCUT2D eigenvalue weighted by molar-refractivity contribution is 9.10. The van der Waals surface area contributed by atoms with Crippen LogP contribution in [0.15, 0.2) is 16.6 Å². The van der Waals surface area contributed by atoms with Gasteiger partial charge in [0.2, 0.25) is 0 Å². The molecule has 2 atom stereocenters. The molecule has 106 valence electrons. The van der Waals surface area contributed by atoms with Gasteiger partial charge in [0.1, 0.15) is 0 Å². The number of anilines is 1. The van der Waals surface area contributed by atoms with E-state index in [1.54, 1.807) is 0 Å². The minimum absolute atomic E-state index is 0.467. The first-order valence-electron chi connectivity index (χ1n) is 7.30. The monoisotopic (exact) mass is 323 g/mol. The van der Waals surface area contributed by atoms with E-state index in [1.807, 2.05) is 0 Å². The number of nitrogens with one attached hydrogen (secondary N) is 1. The van der Waals surface area contributed by atoms with Crippen LogP contribution >= 0.6 is 15.9 Å². The molecule has 1 nitrogen and oxygen atoms in total. The van der Waals surface area contributed by atoms with E-state index < -0.39 is 0 Å². The van der Waals surface area contributed by atoms with E-state index in [0.717, 1.165) is 5.92 Å². The van der Waals surface area contributed by atoms with Gasteiger partial charge in [0.25, 0.3) is 0 Å². The molecule has 1 N–H and O–H groups in total. The Bertz CT molecular complexity index is 441. The number of benzene rings is 1. The highest BCUT2D eigenvalue weighted by atomic mass is 79.9. The van der Waals surface area contributed by atoms with Crippen LogP contribution in [0.3, 0.4) is 0 Å². The number of aryl methyl sites for hydroxylation is 2. The zero-order valence-corrected chi connectivity index (χ0v) is 14.4. The number of halogens is 1. The lowest BCUT2D eigenvalue weighted by Gasteiger charge is -2.39. The van der Waals surface area contributed by atoms with Crippen molar-refractivity contribution in [2.75, 3.05) is 5.32 Å². The van der Waals surface area contributed by atoms with Gasteiger partial charge in [-0.25, -0.2) is 0 Å². The van der Waals surface area contributed by atoms with Crippen LogP contribution < -0.4 is 5.32 Å². The molecule has 2 heteroatoms. The molecule has 0 bridgehead atoms. The molecule has 1 fully saturated rings. The Morgan fingerprint density at radius 1 is 1.16 bits per heavy atom. The molecule has 1 aliphatic rings. The van der Waals surface area contributed by atoms with Gasteiger partial charge in [0, 0.05) is 16.2 Å². The van der Waals surface area contributed by atoms with Crippen LogP contribution in [0.4, 0.5) is 5.69 Å². The zero-order chi connectivity index (χ0) is 14.2. The molecular formula is C17H26BrN. The summed E-state index contributed by atoms with van der Waals surface area (Å²) in [6.07, 6.45) is 3.91. The standard InChI is InChI=1S/C17H26BrN/c1-11-6-15(10-17(4,5)9-11)19-14-7-12(2)16(18)13(3)8-14/h7-8,11,15,19H,6,9-10H2,1-5H3. The smallest absolute Gasteiger partial charge is 0.0348 e. The molecule has 0 aromatic heterocycles. The Morgan fingerprint density at radius 2 is 1.74 bits per heavy atom. The topological polar surface area (TPSA) is 12.0 Å². The molecule has 0 radical (unpaired) electrons. The molecule has 0 heterocycles. The van der Waals surface area contributed by atoms with Gasteiger partial charge in [-0.2, -0.15) is 0 Å². The fourth-order valence-corrected chi connectivity index (χ4v) is 3.95. The summed E-state index contributed by atoms with van der Waals surface area (Å²) in [6.45, 7) is 11.5. The number of hydrogen-bond donors (Lipinski definition) is 1. The fraction of sp³-hybridized carbons (Fsp3) is 0.647. The fourth-order valence-electron chi connectivity index (χ4n) is 3.72. The average molecular weight is 324 g/mol. The van der Waals surface area contributed by atoms with Crippen molar-refractivity contribution >= 4 is 21.6 Å². The molecule has 0 spiro atoms. The molecule has 0 aliphatic heterocycles. The molecule has 0 saturated heterocycles. The summed E-state index contributed by atoms with van der Waals surface area (Å²) in [6, 6.07) is 5.12. The van der Waals surface area contributed by atoms with Crippen LogP contribution in [0.5, 0.6) is 0 Å². The first-order valence-corrected chi connectivity index (χ1v) is 8.09. The highest BCUT2D eigenvalue weighted by Crippen LogP contribution is 2.39. The summed E-state index contributed by atoms with van der Waals surface area (Å²) in [5, 5.41) is 3.75. The van der Waals surface area contributed by atoms with Crippen LogP contribution in [0.1, 0.15) is 51.2 Å². The Morgan fingerprint density at radius 3 is 2.26 bits per heavy atom. The Hall–Kier alpha value is -0.500.